The first-order valence-corrected chi connectivity index (χ1v) is 28.7. The molecule has 1 unspecified atom stereocenters. The third-order valence-corrected chi connectivity index (χ3v) is 16.2. The van der Waals surface area contributed by atoms with Gasteiger partial charge < -0.3 is 39.5 Å². The summed E-state index contributed by atoms with van der Waals surface area (Å²) >= 11 is 0. The number of unbranched alkanes of at least 4 members (excludes halogenated alkanes) is 2. The maximum absolute atomic E-state index is 14.9. The minimum Gasteiger partial charge on any atom is -0.467 e. The number of nitrogens with one attached hydrogen (secondary N) is 2. The van der Waals surface area contributed by atoms with Crippen molar-refractivity contribution in [1.29, 1.82) is 0 Å². The van der Waals surface area contributed by atoms with Gasteiger partial charge in [0.2, 0.25) is 41.4 Å². The molecule has 2 aromatic carbocycles. The number of methoxy groups -OCH3 is 3. The number of benzene rings is 2. The highest BCUT2D eigenvalue weighted by atomic mass is 16.5. The molecular weight excluding hydrogens is 1010 g/mol. The van der Waals surface area contributed by atoms with Gasteiger partial charge in [0.05, 0.1) is 49.8 Å². The van der Waals surface area contributed by atoms with Crippen LogP contribution in [0.2, 0.25) is 0 Å². The lowest BCUT2D eigenvalue weighted by molar-refractivity contribution is -0.148. The van der Waals surface area contributed by atoms with Crippen molar-refractivity contribution in [3.63, 3.8) is 0 Å². The highest BCUT2D eigenvalue weighted by Crippen LogP contribution is 2.30. The van der Waals surface area contributed by atoms with E-state index in [0.717, 1.165) is 23.2 Å². The van der Waals surface area contributed by atoms with Gasteiger partial charge in [-0.05, 0) is 86.6 Å². The lowest BCUT2D eigenvalue weighted by Crippen LogP contribution is -2.59. The van der Waals surface area contributed by atoms with Crippen molar-refractivity contribution in [1.82, 2.24) is 30.2 Å². The molecular formula is C61H95N7O11. The minimum atomic E-state index is -0.919. The van der Waals surface area contributed by atoms with Crippen molar-refractivity contribution in [3.05, 3.63) is 65.7 Å². The molecule has 2 aliphatic rings. The molecule has 0 spiro atoms. The van der Waals surface area contributed by atoms with E-state index in [1.807, 2.05) is 108 Å². The van der Waals surface area contributed by atoms with Gasteiger partial charge in [-0.3, -0.25) is 43.4 Å². The second-order valence-corrected chi connectivity index (χ2v) is 22.9. The van der Waals surface area contributed by atoms with Crippen molar-refractivity contribution >= 4 is 53.0 Å². The summed E-state index contributed by atoms with van der Waals surface area (Å²) in [6, 6.07) is 13.9. The average Bonchev–Trinajstić information content (AvgIpc) is 4.01. The van der Waals surface area contributed by atoms with Gasteiger partial charge >= 0.3 is 5.97 Å². The Kier molecular flexibility index (Phi) is 26.6. The van der Waals surface area contributed by atoms with Crippen LogP contribution in [0.1, 0.15) is 131 Å². The van der Waals surface area contributed by atoms with Gasteiger partial charge in [-0.15, -0.1) is 0 Å². The summed E-state index contributed by atoms with van der Waals surface area (Å²) in [5, 5.41) is 6.04. The minimum absolute atomic E-state index is 0.0168. The Morgan fingerprint density at radius 3 is 2.03 bits per heavy atom. The summed E-state index contributed by atoms with van der Waals surface area (Å²) in [6.07, 6.45) is 4.54. The van der Waals surface area contributed by atoms with Crippen LogP contribution >= 0.6 is 0 Å². The third-order valence-electron chi connectivity index (χ3n) is 16.2. The van der Waals surface area contributed by atoms with E-state index >= 15 is 0 Å². The summed E-state index contributed by atoms with van der Waals surface area (Å²) in [5.74, 6) is -3.03. The van der Waals surface area contributed by atoms with Gasteiger partial charge in [0, 0.05) is 78.8 Å². The van der Waals surface area contributed by atoms with Crippen molar-refractivity contribution < 1.29 is 52.6 Å². The number of esters is 1. The molecule has 2 N–H and O–H groups in total. The van der Waals surface area contributed by atoms with Gasteiger partial charge in [-0.25, -0.2) is 4.79 Å². The fourth-order valence-corrected chi connectivity index (χ4v) is 11.5. The summed E-state index contributed by atoms with van der Waals surface area (Å²) in [5.41, 5.74) is 2.67. The number of nitrogens with zero attached hydrogens (tertiary/aromatic N) is 5. The molecule has 0 aliphatic carbocycles. The standard InChI is InChI=1S/C61H95N7O11/c1-15-41(6)55(50(77-12)38-53(71)67-33-22-25-49(67)56(78-13)43(8)57(72)63-48(61(76)79-14)37-45-23-18-16-19-24-45)66(11)60(75)47(35-39(2)3)62-58(73)54(40(4)5)64(9)34-31-44-27-29-46(30-28-44)65(10)51(69)26-20-17-21-32-68-52(70)36-42(7)59(68)74/h16,18-19,23-24,27-30,39-43,47-50,54-56H,15,17,20-22,25-26,31-38H2,1-14H3,(H,62,73)(H,63,72)/t41-,42?,43+,47-,48-,49-,50+,54-,55-,56+/m0/s1. The van der Waals surface area contributed by atoms with E-state index in [4.69, 9.17) is 14.2 Å². The van der Waals surface area contributed by atoms with Crippen LogP contribution < -0.4 is 15.5 Å². The van der Waals surface area contributed by atoms with Gasteiger partial charge in [-0.2, -0.15) is 0 Å². The van der Waals surface area contributed by atoms with Crippen LogP contribution in [0, 0.1) is 29.6 Å². The zero-order valence-corrected chi connectivity index (χ0v) is 50.0. The fourth-order valence-electron chi connectivity index (χ4n) is 11.5. The van der Waals surface area contributed by atoms with Gasteiger partial charge in [0.15, 0.2) is 0 Å². The molecule has 79 heavy (non-hydrogen) atoms. The number of amides is 7. The molecule has 2 aliphatic heterocycles. The predicted octanol–water partition coefficient (Wildman–Crippen LogP) is 6.46. The van der Waals surface area contributed by atoms with E-state index in [1.54, 1.807) is 49.8 Å². The number of hydrogen-bond acceptors (Lipinski definition) is 12. The fraction of sp³-hybridized carbons (Fsp3) is 0.672. The number of likely N-dealkylation sites (tertiary alicyclic amines) is 2. The predicted molar refractivity (Wildman–Crippen MR) is 305 cm³/mol. The topological polar surface area (TPSA) is 205 Å². The van der Waals surface area contributed by atoms with E-state index < -0.39 is 60.2 Å². The van der Waals surface area contributed by atoms with Crippen LogP contribution in [0.3, 0.4) is 0 Å². The number of anilines is 1. The molecule has 2 heterocycles. The summed E-state index contributed by atoms with van der Waals surface area (Å²) in [6.45, 7) is 17.0. The van der Waals surface area contributed by atoms with Crippen LogP contribution in [0.5, 0.6) is 0 Å². The number of rotatable bonds is 32. The Labute approximate surface area is 471 Å². The maximum atomic E-state index is 14.9. The summed E-state index contributed by atoms with van der Waals surface area (Å²) in [4.78, 5) is 116. The smallest absolute Gasteiger partial charge is 0.328 e. The molecule has 7 amide bonds. The average molecular weight is 1100 g/mol. The van der Waals surface area contributed by atoms with Crippen LogP contribution in [0.4, 0.5) is 5.69 Å². The van der Waals surface area contributed by atoms with Crippen molar-refractivity contribution in [2.45, 2.75) is 175 Å². The second-order valence-electron chi connectivity index (χ2n) is 22.9. The van der Waals surface area contributed by atoms with E-state index in [0.29, 0.717) is 71.0 Å². The van der Waals surface area contributed by atoms with Crippen molar-refractivity contribution in [2.24, 2.45) is 29.6 Å². The van der Waals surface area contributed by atoms with E-state index in [-0.39, 0.29) is 78.4 Å². The molecule has 0 saturated carbocycles. The van der Waals surface area contributed by atoms with E-state index in [2.05, 4.69) is 10.6 Å². The summed E-state index contributed by atoms with van der Waals surface area (Å²) < 4.78 is 17.2. The Balaban J connectivity index is 1.38. The van der Waals surface area contributed by atoms with Crippen LogP contribution in [-0.2, 0) is 65.4 Å². The third kappa shape index (κ3) is 18.4. The lowest BCUT2D eigenvalue weighted by Gasteiger charge is -2.41. The van der Waals surface area contributed by atoms with E-state index in [1.165, 1.54) is 19.1 Å². The lowest BCUT2D eigenvalue weighted by atomic mass is 9.89. The molecule has 2 aromatic rings. The molecule has 0 radical (unpaired) electrons. The molecule has 10 atom stereocenters. The number of hydrogen-bond donors (Lipinski definition) is 2. The number of carbonyl (C=O) groups excluding carboxylic acids is 8. The zero-order chi connectivity index (χ0) is 58.7. The quantitative estimate of drug-likeness (QED) is 0.0461. The Hall–Kier alpha value is -5.72. The monoisotopic (exact) mass is 1100 g/mol. The highest BCUT2D eigenvalue weighted by molar-refractivity contribution is 6.03. The molecule has 0 bridgehead atoms. The zero-order valence-electron chi connectivity index (χ0n) is 50.0. The molecule has 18 nitrogen and oxygen atoms in total. The van der Waals surface area contributed by atoms with Gasteiger partial charge in [0.25, 0.3) is 0 Å². The first-order valence-electron chi connectivity index (χ1n) is 28.7. The van der Waals surface area contributed by atoms with Crippen molar-refractivity contribution in [2.75, 3.05) is 67.0 Å². The van der Waals surface area contributed by atoms with Crippen LogP contribution in [0.25, 0.3) is 0 Å². The second kappa shape index (κ2) is 31.9. The van der Waals surface area contributed by atoms with Crippen molar-refractivity contribution in [3.8, 4) is 0 Å². The number of carbonyl (C=O) groups is 8. The number of likely N-dealkylation sites (N-methyl/N-ethyl adjacent to an activating group) is 2. The SMILES string of the molecule is CC[C@H](C)[C@@H]([C@@H](CC(=O)N1CCC[C@H]1[C@H](OC)[C@@H](C)C(=O)N[C@@H](Cc1ccccc1)C(=O)OC)OC)N(C)C(=O)[C@H](CC(C)C)NC(=O)[C@H](C(C)C)N(C)CCc1ccc(N(C)C(=O)CCCCCN2C(=O)CC(C)C2=O)cc1. The molecule has 18 heteroatoms. The Morgan fingerprint density at radius 2 is 1.46 bits per heavy atom. The summed E-state index contributed by atoms with van der Waals surface area (Å²) in [7, 11) is 9.76. The number of ether oxygens (including phenoxy) is 3. The molecule has 0 aromatic heterocycles. The normalized spacial score (nSPS) is 18.7. The first kappa shape index (κ1) is 65.8. The largest absolute Gasteiger partial charge is 0.467 e. The molecule has 440 valence electrons. The van der Waals surface area contributed by atoms with Gasteiger partial charge in [0.1, 0.15) is 12.1 Å². The van der Waals surface area contributed by atoms with E-state index in [9.17, 15) is 38.4 Å². The highest BCUT2D eigenvalue weighted by Gasteiger charge is 2.44. The van der Waals surface area contributed by atoms with Gasteiger partial charge in [-0.1, -0.05) is 111 Å². The molecule has 2 fully saturated rings. The maximum Gasteiger partial charge on any atom is 0.328 e. The Bertz CT molecular complexity index is 2310. The number of imide groups is 1. The van der Waals surface area contributed by atoms with Crippen LogP contribution in [-0.4, -0.2) is 171 Å². The first-order chi connectivity index (χ1) is 37.5. The van der Waals surface area contributed by atoms with Crippen LogP contribution in [0.15, 0.2) is 54.6 Å². The molecule has 2 saturated heterocycles. The molecule has 4 rings (SSSR count). The Morgan fingerprint density at radius 1 is 0.797 bits per heavy atom.